The number of rotatable bonds is 8. The average Bonchev–Trinajstić information content (AvgIpc) is 2.22. The van der Waals surface area contributed by atoms with Gasteiger partial charge in [-0.2, -0.15) is 0 Å². The lowest BCUT2D eigenvalue weighted by atomic mass is 10.2. The molecule has 0 fully saturated rings. The van der Waals surface area contributed by atoms with Crippen LogP contribution >= 0.6 is 0 Å². The molecule has 0 heterocycles. The molecule has 0 rings (SSSR count). The Kier molecular flexibility index (Phi) is 8.03. The van der Waals surface area contributed by atoms with E-state index in [1.807, 2.05) is 0 Å². The molecule has 1 N–H and O–H groups in total. The summed E-state index contributed by atoms with van der Waals surface area (Å²) in [6.07, 6.45) is 4.71. The molecule has 0 bridgehead atoms. The second kappa shape index (κ2) is 8.83. The van der Waals surface area contributed by atoms with Crippen molar-refractivity contribution in [3.05, 3.63) is 12.2 Å². The van der Waals surface area contributed by atoms with E-state index in [0.29, 0.717) is 19.4 Å². The first-order chi connectivity index (χ1) is 7.56. The Bertz CT molecular complexity index is 282. The summed E-state index contributed by atoms with van der Waals surface area (Å²) in [5.41, 5.74) is 0. The highest BCUT2D eigenvalue weighted by atomic mass is 16.2. The smallest absolute Gasteiger partial charge is 0.220 e. The van der Waals surface area contributed by atoms with Gasteiger partial charge in [0.2, 0.25) is 5.91 Å². The van der Waals surface area contributed by atoms with Crippen LogP contribution in [0.15, 0.2) is 12.2 Å². The van der Waals surface area contributed by atoms with Gasteiger partial charge in [0.15, 0.2) is 5.78 Å². The summed E-state index contributed by atoms with van der Waals surface area (Å²) in [6.45, 7) is 3.79. The number of carbonyl (C=O) groups is 3. The molecule has 0 spiro atoms. The maximum atomic E-state index is 11.2. The third kappa shape index (κ3) is 9.12. The van der Waals surface area contributed by atoms with Crippen LogP contribution in [0, 0.1) is 0 Å². The first-order valence-electron chi connectivity index (χ1n) is 5.48. The van der Waals surface area contributed by atoms with Crippen molar-refractivity contribution >= 4 is 17.5 Å². The maximum absolute atomic E-state index is 11.2. The van der Waals surface area contributed by atoms with Crippen molar-refractivity contribution in [2.75, 3.05) is 6.54 Å². The molecular weight excluding hydrogens is 206 g/mol. The number of hydrogen-bond donors (Lipinski definition) is 1. The molecule has 0 aliphatic heterocycles. The van der Waals surface area contributed by atoms with Crippen LogP contribution in [0.4, 0.5) is 0 Å². The van der Waals surface area contributed by atoms with Gasteiger partial charge in [-0.25, -0.2) is 0 Å². The lowest BCUT2D eigenvalue weighted by Crippen LogP contribution is -2.25. The molecule has 0 radical (unpaired) electrons. The minimum absolute atomic E-state index is 0.0404. The van der Waals surface area contributed by atoms with E-state index >= 15 is 0 Å². The summed E-state index contributed by atoms with van der Waals surface area (Å²) >= 11 is 0. The zero-order chi connectivity index (χ0) is 12.4. The van der Waals surface area contributed by atoms with E-state index in [-0.39, 0.29) is 30.3 Å². The van der Waals surface area contributed by atoms with Crippen LogP contribution in [0.5, 0.6) is 0 Å². The highest BCUT2D eigenvalue weighted by Crippen LogP contribution is 1.94. The highest BCUT2D eigenvalue weighted by Gasteiger charge is 2.03. The number of nitrogens with one attached hydrogen (secondary N) is 1. The fourth-order valence-corrected chi connectivity index (χ4v) is 1.16. The number of amides is 1. The van der Waals surface area contributed by atoms with E-state index in [1.54, 1.807) is 13.0 Å². The predicted octanol–water partition coefficient (Wildman–Crippen LogP) is 1.40. The van der Waals surface area contributed by atoms with Gasteiger partial charge in [-0.15, -0.1) is 0 Å². The Labute approximate surface area is 96.1 Å². The molecule has 90 valence electrons. The van der Waals surface area contributed by atoms with Gasteiger partial charge in [-0.1, -0.05) is 6.08 Å². The fraction of sp³-hybridized carbons (Fsp3) is 0.583. The molecule has 0 aromatic heterocycles. The van der Waals surface area contributed by atoms with Gasteiger partial charge in [0, 0.05) is 25.8 Å². The molecule has 0 aliphatic carbocycles. The third-order valence-electron chi connectivity index (χ3n) is 1.98. The van der Waals surface area contributed by atoms with Crippen LogP contribution in [0.3, 0.4) is 0 Å². The first-order valence-corrected chi connectivity index (χ1v) is 5.48. The minimum Gasteiger partial charge on any atom is -0.356 e. The van der Waals surface area contributed by atoms with Gasteiger partial charge >= 0.3 is 0 Å². The largest absolute Gasteiger partial charge is 0.356 e. The van der Waals surface area contributed by atoms with Crippen molar-refractivity contribution in [1.82, 2.24) is 5.32 Å². The van der Waals surface area contributed by atoms with Crippen molar-refractivity contribution in [2.24, 2.45) is 0 Å². The van der Waals surface area contributed by atoms with Gasteiger partial charge in [0.1, 0.15) is 5.78 Å². The minimum atomic E-state index is -0.138. The van der Waals surface area contributed by atoms with Crippen LogP contribution in [-0.2, 0) is 14.4 Å². The summed E-state index contributed by atoms with van der Waals surface area (Å²) < 4.78 is 0. The Balaban J connectivity index is 3.52. The van der Waals surface area contributed by atoms with E-state index in [0.717, 1.165) is 0 Å². The summed E-state index contributed by atoms with van der Waals surface area (Å²) in [5, 5.41) is 2.67. The average molecular weight is 225 g/mol. The molecule has 1 amide bonds. The molecule has 4 heteroatoms. The van der Waals surface area contributed by atoms with Gasteiger partial charge in [0.05, 0.1) is 0 Å². The SMILES string of the molecule is C/C=C/C(=O)CCC(=O)NCCCC(C)=O. The summed E-state index contributed by atoms with van der Waals surface area (Å²) in [7, 11) is 0. The van der Waals surface area contributed by atoms with E-state index < -0.39 is 0 Å². The normalized spacial score (nSPS) is 10.4. The molecule has 0 aromatic rings. The number of Topliss-reactive ketones (excluding diaryl/α,β-unsaturated/α-hetero) is 1. The van der Waals surface area contributed by atoms with Crippen LogP contribution in [0.25, 0.3) is 0 Å². The van der Waals surface area contributed by atoms with Crippen molar-refractivity contribution < 1.29 is 14.4 Å². The van der Waals surface area contributed by atoms with Crippen molar-refractivity contribution in [1.29, 1.82) is 0 Å². The van der Waals surface area contributed by atoms with Crippen LogP contribution in [0.2, 0.25) is 0 Å². The maximum Gasteiger partial charge on any atom is 0.220 e. The molecule has 0 saturated carbocycles. The van der Waals surface area contributed by atoms with Crippen LogP contribution in [-0.4, -0.2) is 24.0 Å². The summed E-state index contributed by atoms with van der Waals surface area (Å²) in [5.74, 6) is -0.0553. The van der Waals surface area contributed by atoms with Crippen LogP contribution < -0.4 is 5.32 Å². The highest BCUT2D eigenvalue weighted by molar-refractivity contribution is 5.92. The number of allylic oxidation sites excluding steroid dienone is 2. The van der Waals surface area contributed by atoms with E-state index in [4.69, 9.17) is 0 Å². The fourth-order valence-electron chi connectivity index (χ4n) is 1.16. The standard InChI is InChI=1S/C12H19NO3/c1-3-5-11(15)7-8-12(16)13-9-4-6-10(2)14/h3,5H,4,6-9H2,1-2H3,(H,13,16)/b5-3+. The summed E-state index contributed by atoms with van der Waals surface area (Å²) in [6, 6.07) is 0. The molecule has 0 unspecified atom stereocenters. The second-order valence-corrected chi connectivity index (χ2v) is 3.62. The zero-order valence-corrected chi connectivity index (χ0v) is 9.91. The van der Waals surface area contributed by atoms with Gasteiger partial charge in [-0.05, 0) is 26.3 Å². The lowest BCUT2D eigenvalue weighted by Gasteiger charge is -2.02. The van der Waals surface area contributed by atoms with Crippen LogP contribution in [0.1, 0.15) is 39.5 Å². The molecule has 0 atom stereocenters. The second-order valence-electron chi connectivity index (χ2n) is 3.62. The van der Waals surface area contributed by atoms with E-state index in [2.05, 4.69) is 5.32 Å². The van der Waals surface area contributed by atoms with E-state index in [1.165, 1.54) is 13.0 Å². The van der Waals surface area contributed by atoms with E-state index in [9.17, 15) is 14.4 Å². The first kappa shape index (κ1) is 14.6. The lowest BCUT2D eigenvalue weighted by molar-refractivity contribution is -0.124. The molecule has 16 heavy (non-hydrogen) atoms. The number of ketones is 2. The Morgan fingerprint density at radius 3 is 2.38 bits per heavy atom. The predicted molar refractivity (Wildman–Crippen MR) is 62.0 cm³/mol. The Morgan fingerprint density at radius 2 is 1.81 bits per heavy atom. The third-order valence-corrected chi connectivity index (χ3v) is 1.98. The number of carbonyl (C=O) groups excluding carboxylic acids is 3. The molecule has 4 nitrogen and oxygen atoms in total. The quantitative estimate of drug-likeness (QED) is 0.501. The van der Waals surface area contributed by atoms with Gasteiger partial charge in [-0.3, -0.25) is 9.59 Å². The van der Waals surface area contributed by atoms with Gasteiger partial charge in [0.25, 0.3) is 0 Å². The van der Waals surface area contributed by atoms with Crippen molar-refractivity contribution in [3.8, 4) is 0 Å². The Hall–Kier alpha value is -1.45. The topological polar surface area (TPSA) is 63.2 Å². The monoisotopic (exact) mass is 225 g/mol. The van der Waals surface area contributed by atoms with Crippen molar-refractivity contribution in [2.45, 2.75) is 39.5 Å². The molecule has 0 aromatic carbocycles. The molecule has 0 aliphatic rings. The molecule has 0 saturated heterocycles. The zero-order valence-electron chi connectivity index (χ0n) is 9.91. The molecular formula is C12H19NO3. The summed E-state index contributed by atoms with van der Waals surface area (Å²) in [4.78, 5) is 32.9. The number of hydrogen-bond acceptors (Lipinski definition) is 3. The van der Waals surface area contributed by atoms with Gasteiger partial charge < -0.3 is 10.1 Å². The Morgan fingerprint density at radius 1 is 1.12 bits per heavy atom. The van der Waals surface area contributed by atoms with Crippen molar-refractivity contribution in [3.63, 3.8) is 0 Å².